The van der Waals surface area contributed by atoms with E-state index in [9.17, 15) is 18.4 Å². The standard InChI is InChI=1S/2C4H4FN3O.C2H2O4/c2*5-2-1-7-4(9)8-3(2)6;3-1(4)2(5)6/h2*1H,(H3,6,7,8,9);(H,3,4)(H,5,6). The molecular formula is C10H10F2N6O6. The minimum absolute atomic E-state index is 0.251. The normalized spacial score (nSPS) is 8.92. The summed E-state index contributed by atoms with van der Waals surface area (Å²) in [6.07, 6.45) is 1.79. The molecule has 2 aromatic heterocycles. The van der Waals surface area contributed by atoms with Gasteiger partial charge in [0.05, 0.1) is 11.9 Å². The Kier molecular flexibility index (Phi) is 7.76. The van der Waals surface area contributed by atoms with Crippen molar-refractivity contribution >= 4 is 23.6 Å². The number of nitrogens with one attached hydrogen (secondary N) is 4. The van der Waals surface area contributed by atoms with Crippen molar-refractivity contribution in [1.82, 2.24) is 9.97 Å². The first-order chi connectivity index (χ1) is 11.0. The number of aromatic amines is 4. The number of carboxylic acid groups (broad SMARTS) is 2. The molecule has 0 atom stereocenters. The first-order valence-electron chi connectivity index (χ1n) is 5.58. The highest BCUT2D eigenvalue weighted by molar-refractivity contribution is 6.25. The van der Waals surface area contributed by atoms with Gasteiger partial charge in [-0.05, 0) is 0 Å². The number of carboxylic acids is 2. The minimum atomic E-state index is -2.19. The van der Waals surface area contributed by atoms with E-state index in [1.54, 1.807) is 0 Å². The van der Waals surface area contributed by atoms with E-state index in [-0.39, 0.29) is 11.6 Å². The van der Waals surface area contributed by atoms with Crippen LogP contribution >= 0.6 is 0 Å². The number of carbonyl (C=O) groups is 2. The van der Waals surface area contributed by atoms with Crippen molar-refractivity contribution in [3.8, 4) is 0 Å². The van der Waals surface area contributed by atoms with E-state index in [0.29, 0.717) is 0 Å². The van der Waals surface area contributed by atoms with Gasteiger partial charge in [0.25, 0.3) is 0 Å². The van der Waals surface area contributed by atoms with Gasteiger partial charge in [-0.15, -0.1) is 0 Å². The van der Waals surface area contributed by atoms with Crippen LogP contribution in [-0.2, 0) is 9.59 Å². The van der Waals surface area contributed by atoms with E-state index < -0.39 is 35.0 Å². The van der Waals surface area contributed by atoms with Crippen LogP contribution in [0.2, 0.25) is 0 Å². The third kappa shape index (κ3) is 7.81. The lowest BCUT2D eigenvalue weighted by Gasteiger charge is -1.97. The molecule has 130 valence electrons. The van der Waals surface area contributed by atoms with Crippen LogP contribution in [0, 0.1) is 11.6 Å². The number of carbonyl (C=O) groups excluding carboxylic acids is 2. The Morgan fingerprint density at radius 3 is 1.33 bits per heavy atom. The molecule has 0 unspecified atom stereocenters. The maximum Gasteiger partial charge on any atom is 0.495 e. The number of halogens is 2. The molecule has 0 aliphatic heterocycles. The summed E-state index contributed by atoms with van der Waals surface area (Å²) >= 11 is 0. The Labute approximate surface area is 129 Å². The van der Waals surface area contributed by atoms with Gasteiger partial charge in [0.15, 0.2) is 0 Å². The van der Waals surface area contributed by atoms with Crippen molar-refractivity contribution in [3.63, 3.8) is 0 Å². The van der Waals surface area contributed by atoms with E-state index in [1.807, 2.05) is 9.97 Å². The van der Waals surface area contributed by atoms with Crippen molar-refractivity contribution < 1.29 is 38.6 Å². The van der Waals surface area contributed by atoms with Gasteiger partial charge < -0.3 is 31.3 Å². The van der Waals surface area contributed by atoms with Gasteiger partial charge >= 0.3 is 11.4 Å². The Morgan fingerprint density at radius 2 is 1.17 bits per heavy atom. The van der Waals surface area contributed by atoms with Crippen LogP contribution in [0.25, 0.3) is 0 Å². The van der Waals surface area contributed by atoms with E-state index >= 15 is 0 Å². The van der Waals surface area contributed by atoms with Gasteiger partial charge in [-0.25, -0.2) is 9.97 Å². The van der Waals surface area contributed by atoms with E-state index in [1.165, 1.54) is 0 Å². The maximum absolute atomic E-state index is 12.2. The number of rotatable bonds is 0. The summed E-state index contributed by atoms with van der Waals surface area (Å²) in [6, 6.07) is 0. The zero-order valence-corrected chi connectivity index (χ0v) is 11.5. The summed E-state index contributed by atoms with van der Waals surface area (Å²) in [5, 5.41) is 17.9. The molecule has 24 heavy (non-hydrogen) atoms. The number of hydrogen-bond acceptors (Lipinski definition) is 8. The van der Waals surface area contributed by atoms with Crippen LogP contribution in [-0.4, -0.2) is 21.9 Å². The molecule has 0 saturated heterocycles. The van der Waals surface area contributed by atoms with Crippen molar-refractivity contribution in [1.29, 1.82) is 0 Å². The molecule has 12 nitrogen and oxygen atoms in total. The quantitative estimate of drug-likeness (QED) is 0.334. The molecule has 0 aliphatic rings. The van der Waals surface area contributed by atoms with E-state index in [2.05, 4.69) is 9.97 Å². The number of hydrogen-bond donors (Lipinski definition) is 4. The predicted octanol–water partition coefficient (Wildman–Crippen LogP) is -5.69. The van der Waals surface area contributed by atoms with Crippen LogP contribution in [0.3, 0.4) is 0 Å². The molecule has 0 saturated carbocycles. The van der Waals surface area contributed by atoms with Crippen molar-refractivity contribution in [2.75, 3.05) is 11.5 Å². The number of H-pyrrole nitrogens is 4. The highest BCUT2D eigenvalue weighted by Crippen LogP contribution is 1.96. The van der Waals surface area contributed by atoms with Crippen molar-refractivity contribution in [3.05, 3.63) is 45.0 Å². The van der Waals surface area contributed by atoms with Crippen molar-refractivity contribution in [2.24, 2.45) is 0 Å². The topological polar surface area (TPSA) is 226 Å². The zero-order valence-electron chi connectivity index (χ0n) is 11.5. The summed E-state index contributed by atoms with van der Waals surface area (Å²) in [7, 11) is 0. The zero-order chi connectivity index (χ0) is 18.9. The van der Waals surface area contributed by atoms with Gasteiger partial charge in [0.1, 0.15) is 12.4 Å². The molecule has 0 radical (unpaired) electrons. The fourth-order valence-corrected chi connectivity index (χ4v) is 0.850. The lowest BCUT2D eigenvalue weighted by molar-refractivity contribution is -0.405. The maximum atomic E-state index is 12.2. The highest BCUT2D eigenvalue weighted by Gasteiger charge is 2.02. The second-order valence-electron chi connectivity index (χ2n) is 3.58. The van der Waals surface area contributed by atoms with Crippen LogP contribution in [0.15, 0.2) is 22.0 Å². The smallest absolute Gasteiger partial charge is 0.495 e. The Hall–Kier alpha value is -3.84. The molecule has 2 aromatic rings. The number of nitrogens with two attached hydrogens (primary N) is 2. The van der Waals surface area contributed by atoms with Gasteiger partial charge in [-0.2, -0.15) is 28.3 Å². The molecule has 8 N–H and O–H groups in total. The number of aromatic nitrogens is 4. The largest absolute Gasteiger partial charge is 0.543 e. The summed E-state index contributed by atoms with van der Waals surface area (Å²) in [5.41, 5.74) is 8.90. The molecule has 14 heteroatoms. The first kappa shape index (κ1) is 20.2. The SMILES string of the molecule is Nc1[nH]c(=O)[nH+]cc1F.Nc1[nH]c(=O)[nH+]cc1F.O=C([O-])C(=O)[O-]. The molecule has 0 aromatic carbocycles. The number of anilines is 2. The average Bonchev–Trinajstić information content (AvgIpc) is 2.49. The summed E-state index contributed by atoms with van der Waals surface area (Å²) in [6.45, 7) is 0. The van der Waals surface area contributed by atoms with Gasteiger partial charge in [-0.3, -0.25) is 0 Å². The van der Waals surface area contributed by atoms with E-state index in [4.69, 9.17) is 31.3 Å². The summed E-state index contributed by atoms with van der Waals surface area (Å²) in [4.78, 5) is 46.6. The Morgan fingerprint density at radius 1 is 0.875 bits per heavy atom. The Bertz CT molecular complexity index is 766. The predicted molar refractivity (Wildman–Crippen MR) is 66.0 cm³/mol. The van der Waals surface area contributed by atoms with E-state index in [0.717, 1.165) is 12.4 Å². The fraction of sp³-hybridized carbons (Fsp3) is 0. The molecule has 0 spiro atoms. The molecule has 0 fully saturated rings. The first-order valence-corrected chi connectivity index (χ1v) is 5.58. The molecule has 2 heterocycles. The second-order valence-corrected chi connectivity index (χ2v) is 3.58. The second kappa shape index (κ2) is 9.23. The molecule has 0 amide bonds. The Balaban J connectivity index is 0.000000340. The van der Waals surface area contributed by atoms with Gasteiger partial charge in [0.2, 0.25) is 23.3 Å². The summed E-state index contributed by atoms with van der Waals surface area (Å²) in [5.74, 6) is -6.19. The lowest BCUT2D eigenvalue weighted by atomic mass is 10.6. The van der Waals surface area contributed by atoms with Crippen molar-refractivity contribution in [2.45, 2.75) is 0 Å². The molecule has 0 bridgehead atoms. The van der Waals surface area contributed by atoms with Gasteiger partial charge in [0, 0.05) is 0 Å². The van der Waals surface area contributed by atoms with Crippen LogP contribution in [0.4, 0.5) is 20.4 Å². The molecule has 2 rings (SSSR count). The average molecular weight is 348 g/mol. The lowest BCUT2D eigenvalue weighted by Crippen LogP contribution is -2.42. The van der Waals surface area contributed by atoms with Crippen LogP contribution < -0.4 is 43.0 Å². The number of nitrogen functional groups attached to an aromatic ring is 2. The monoisotopic (exact) mass is 348 g/mol. The number of aliphatic carboxylic acids is 2. The van der Waals surface area contributed by atoms with Crippen LogP contribution in [0.5, 0.6) is 0 Å². The highest BCUT2D eigenvalue weighted by atomic mass is 19.1. The minimum Gasteiger partial charge on any atom is -0.543 e. The molecular weight excluding hydrogens is 338 g/mol. The third-order valence-electron chi connectivity index (χ3n) is 1.84. The molecule has 0 aliphatic carbocycles. The summed E-state index contributed by atoms with van der Waals surface area (Å²) < 4.78 is 24.3. The van der Waals surface area contributed by atoms with Gasteiger partial charge in [-0.1, -0.05) is 0 Å². The van der Waals surface area contributed by atoms with Crippen LogP contribution in [0.1, 0.15) is 0 Å². The third-order valence-corrected chi connectivity index (χ3v) is 1.84. The fourth-order valence-electron chi connectivity index (χ4n) is 0.850.